The van der Waals surface area contributed by atoms with E-state index in [-0.39, 0.29) is 24.9 Å². The molecular formula is C63H111NO5. The van der Waals surface area contributed by atoms with Crippen molar-refractivity contribution in [2.45, 2.75) is 296 Å². The number of hydrogen-bond donors (Lipinski definition) is 3. The smallest absolute Gasteiger partial charge is 0.306 e. The van der Waals surface area contributed by atoms with Gasteiger partial charge in [0.2, 0.25) is 5.91 Å². The molecule has 0 aliphatic carbocycles. The minimum atomic E-state index is -0.826. The van der Waals surface area contributed by atoms with E-state index < -0.39 is 18.2 Å². The van der Waals surface area contributed by atoms with Crippen LogP contribution in [0.3, 0.4) is 0 Å². The monoisotopic (exact) mass is 962 g/mol. The number of amides is 1. The average molecular weight is 963 g/mol. The minimum absolute atomic E-state index is 0.0528. The number of aliphatic hydroxyl groups excluding tert-OH is 2. The third-order valence-corrected chi connectivity index (χ3v) is 13.0. The third-order valence-electron chi connectivity index (χ3n) is 13.0. The van der Waals surface area contributed by atoms with Crippen LogP contribution in [-0.4, -0.2) is 46.9 Å². The molecule has 3 unspecified atom stereocenters. The first-order chi connectivity index (χ1) is 34.0. The Bertz CT molecular complexity index is 1310. The molecular weight excluding hydrogens is 851 g/mol. The molecule has 0 aromatic carbocycles. The van der Waals surface area contributed by atoms with Crippen LogP contribution < -0.4 is 5.32 Å². The molecule has 0 aliphatic rings. The van der Waals surface area contributed by atoms with Gasteiger partial charge in [0.15, 0.2) is 0 Å². The van der Waals surface area contributed by atoms with E-state index in [1.807, 2.05) is 6.08 Å². The van der Waals surface area contributed by atoms with E-state index in [1.54, 1.807) is 6.08 Å². The molecule has 0 fully saturated rings. The van der Waals surface area contributed by atoms with Crippen LogP contribution in [0.25, 0.3) is 0 Å². The van der Waals surface area contributed by atoms with Crippen LogP contribution in [0.1, 0.15) is 278 Å². The molecule has 0 aliphatic heterocycles. The van der Waals surface area contributed by atoms with E-state index in [0.29, 0.717) is 19.3 Å². The number of carbonyl (C=O) groups is 2. The first-order valence-electron chi connectivity index (χ1n) is 29.3. The number of rotatable bonds is 52. The van der Waals surface area contributed by atoms with Gasteiger partial charge in [0.25, 0.3) is 0 Å². The van der Waals surface area contributed by atoms with Crippen LogP contribution in [0.15, 0.2) is 85.1 Å². The van der Waals surface area contributed by atoms with Crippen LogP contribution in [0.5, 0.6) is 0 Å². The molecule has 398 valence electrons. The van der Waals surface area contributed by atoms with Crippen molar-refractivity contribution >= 4 is 11.9 Å². The van der Waals surface area contributed by atoms with Gasteiger partial charge in [-0.1, -0.05) is 267 Å². The summed E-state index contributed by atoms with van der Waals surface area (Å²) in [5, 5.41) is 23.8. The molecule has 0 saturated heterocycles. The highest BCUT2D eigenvalue weighted by Crippen LogP contribution is 2.17. The van der Waals surface area contributed by atoms with Crippen molar-refractivity contribution < 1.29 is 24.5 Å². The molecule has 6 nitrogen and oxygen atoms in total. The fourth-order valence-electron chi connectivity index (χ4n) is 8.54. The lowest BCUT2D eigenvalue weighted by molar-refractivity contribution is -0.148. The highest BCUT2D eigenvalue weighted by molar-refractivity contribution is 5.78. The lowest BCUT2D eigenvalue weighted by Crippen LogP contribution is -2.46. The first kappa shape index (κ1) is 66.0. The predicted octanol–water partition coefficient (Wildman–Crippen LogP) is 18.3. The largest absolute Gasteiger partial charge is 0.458 e. The van der Waals surface area contributed by atoms with E-state index in [4.69, 9.17) is 4.74 Å². The summed E-state index contributed by atoms with van der Waals surface area (Å²) >= 11 is 0. The van der Waals surface area contributed by atoms with Gasteiger partial charge in [0, 0.05) is 6.42 Å². The highest BCUT2D eigenvalue weighted by atomic mass is 16.5. The van der Waals surface area contributed by atoms with Crippen molar-refractivity contribution in [3.63, 3.8) is 0 Å². The zero-order chi connectivity index (χ0) is 50.2. The Morgan fingerprint density at radius 3 is 1.22 bits per heavy atom. The maximum atomic E-state index is 13.2. The van der Waals surface area contributed by atoms with Gasteiger partial charge in [-0.3, -0.25) is 9.59 Å². The molecule has 0 aromatic heterocycles. The molecule has 0 aromatic rings. The predicted molar refractivity (Wildman–Crippen MR) is 301 cm³/mol. The van der Waals surface area contributed by atoms with Gasteiger partial charge in [-0.15, -0.1) is 0 Å². The third kappa shape index (κ3) is 51.2. The van der Waals surface area contributed by atoms with Crippen LogP contribution in [0.4, 0.5) is 0 Å². The molecule has 0 saturated carbocycles. The molecule has 69 heavy (non-hydrogen) atoms. The molecule has 1 amide bonds. The second-order valence-corrected chi connectivity index (χ2v) is 19.7. The van der Waals surface area contributed by atoms with Crippen molar-refractivity contribution in [2.75, 3.05) is 6.61 Å². The van der Waals surface area contributed by atoms with Crippen molar-refractivity contribution in [2.24, 2.45) is 0 Å². The topological polar surface area (TPSA) is 95.9 Å². The Balaban J connectivity index is 4.72. The molecule has 0 heterocycles. The van der Waals surface area contributed by atoms with Crippen molar-refractivity contribution in [3.8, 4) is 0 Å². The fourth-order valence-corrected chi connectivity index (χ4v) is 8.54. The lowest BCUT2D eigenvalue weighted by Gasteiger charge is -2.23. The Hall–Kier alpha value is -2.96. The number of aliphatic hydroxyl groups is 2. The highest BCUT2D eigenvalue weighted by Gasteiger charge is 2.23. The lowest BCUT2D eigenvalue weighted by atomic mass is 10.0. The summed E-state index contributed by atoms with van der Waals surface area (Å²) in [6, 6.07) is -0.749. The van der Waals surface area contributed by atoms with Crippen LogP contribution in [0.2, 0.25) is 0 Å². The number of esters is 1. The summed E-state index contributed by atoms with van der Waals surface area (Å²) in [4.78, 5) is 26.2. The summed E-state index contributed by atoms with van der Waals surface area (Å²) in [5.74, 6) is -0.636. The maximum absolute atomic E-state index is 13.2. The van der Waals surface area contributed by atoms with Gasteiger partial charge in [0.1, 0.15) is 6.10 Å². The molecule has 3 N–H and O–H groups in total. The Labute approximate surface area is 427 Å². The number of unbranched alkanes of at least 4 members (excludes halogenated alkanes) is 28. The Morgan fingerprint density at radius 1 is 0.449 bits per heavy atom. The van der Waals surface area contributed by atoms with Gasteiger partial charge < -0.3 is 20.3 Å². The normalized spacial score (nSPS) is 13.8. The number of allylic oxidation sites excluding steroid dienone is 13. The van der Waals surface area contributed by atoms with Gasteiger partial charge in [-0.2, -0.15) is 0 Å². The first-order valence-corrected chi connectivity index (χ1v) is 29.3. The average Bonchev–Trinajstić information content (AvgIpc) is 3.34. The standard InChI is InChI=1S/C63H111NO5/c1-4-7-10-13-16-19-22-25-28-30-32-35-38-41-44-47-50-53-56-63(68)69-59(54-51-48-45-42-39-36-34-31-29-26-23-20-17-14-11-8-5-2)57-62(67)64-60(58-65)61(66)55-52-49-46-43-40-37-33-27-24-21-18-15-12-9-6-3/h8,11,17,20,26,29,32,34-36,42,45,51,54,59-61,65-66H,4-7,9-10,12-16,18-19,21-25,27-28,30-31,33,37-41,43-44,46-50,52-53,55-58H2,1-3H3,(H,64,67)/b11-8-,20-17-,29-26-,35-32+,36-34-,45-42-,54-51-. The van der Waals surface area contributed by atoms with Crippen LogP contribution in [0, 0.1) is 0 Å². The molecule has 3 atom stereocenters. The summed E-state index contributed by atoms with van der Waals surface area (Å²) in [6.07, 6.45) is 74.0. The molecule has 0 bridgehead atoms. The van der Waals surface area contributed by atoms with Crippen LogP contribution in [-0.2, 0) is 14.3 Å². The number of ether oxygens (including phenoxy) is 1. The van der Waals surface area contributed by atoms with Crippen molar-refractivity contribution in [3.05, 3.63) is 85.1 Å². The second-order valence-electron chi connectivity index (χ2n) is 19.7. The van der Waals surface area contributed by atoms with Gasteiger partial charge in [-0.25, -0.2) is 0 Å². The number of hydrogen-bond acceptors (Lipinski definition) is 5. The minimum Gasteiger partial charge on any atom is -0.458 e. The maximum Gasteiger partial charge on any atom is 0.306 e. The van der Waals surface area contributed by atoms with E-state index in [2.05, 4.69) is 99.0 Å². The number of carbonyl (C=O) groups excluding carboxylic acids is 2. The summed E-state index contributed by atoms with van der Waals surface area (Å²) in [6.45, 7) is 6.36. The fraction of sp³-hybridized carbons (Fsp3) is 0.746. The summed E-state index contributed by atoms with van der Waals surface area (Å²) in [7, 11) is 0. The molecule has 6 heteroatoms. The van der Waals surface area contributed by atoms with Gasteiger partial charge in [0.05, 0.1) is 25.2 Å². The zero-order valence-corrected chi connectivity index (χ0v) is 45.4. The SMILES string of the molecule is CC/C=C\C/C=C\C/C=C\C/C=C\C/C=C\C/C=C\C(CC(=O)NC(CO)C(O)CCCCCCCCCCCCCCCCC)OC(=O)CCCCCCC/C=C/CCCCCCCCCCC. The van der Waals surface area contributed by atoms with Crippen molar-refractivity contribution in [1.29, 1.82) is 0 Å². The van der Waals surface area contributed by atoms with Gasteiger partial charge in [-0.05, 0) is 83.1 Å². The molecule has 0 radical (unpaired) electrons. The zero-order valence-electron chi connectivity index (χ0n) is 45.4. The summed E-state index contributed by atoms with van der Waals surface area (Å²) in [5.41, 5.74) is 0. The van der Waals surface area contributed by atoms with E-state index >= 15 is 0 Å². The summed E-state index contributed by atoms with van der Waals surface area (Å²) < 4.78 is 5.85. The van der Waals surface area contributed by atoms with E-state index in [1.165, 1.54) is 148 Å². The molecule has 0 rings (SSSR count). The number of nitrogens with one attached hydrogen (secondary N) is 1. The molecule has 0 spiro atoms. The van der Waals surface area contributed by atoms with Gasteiger partial charge >= 0.3 is 5.97 Å². The van der Waals surface area contributed by atoms with Crippen LogP contribution >= 0.6 is 0 Å². The second kappa shape index (κ2) is 56.0. The quantitative estimate of drug-likeness (QED) is 0.0321. The van der Waals surface area contributed by atoms with Crippen molar-refractivity contribution in [1.82, 2.24) is 5.32 Å². The Morgan fingerprint density at radius 2 is 0.812 bits per heavy atom. The Kier molecular flexibility index (Phi) is 53.6. The van der Waals surface area contributed by atoms with E-state index in [9.17, 15) is 19.8 Å². The van der Waals surface area contributed by atoms with E-state index in [0.717, 1.165) is 83.5 Å².